The molecule has 1 aliphatic carbocycles. The first-order chi connectivity index (χ1) is 12.6. The molecule has 1 fully saturated rings. The Kier molecular flexibility index (Phi) is 5.61. The molecule has 1 aliphatic rings. The molecule has 1 N–H and O–H groups in total. The van der Waals surface area contributed by atoms with Crippen LogP contribution in [0.2, 0.25) is 5.02 Å². The van der Waals surface area contributed by atoms with E-state index in [1.54, 1.807) is 20.4 Å². The second-order valence-electron chi connectivity index (χ2n) is 6.27. The number of hydrogen-bond acceptors (Lipinski definition) is 5. The summed E-state index contributed by atoms with van der Waals surface area (Å²) in [5.41, 5.74) is 3.33. The maximum atomic E-state index is 6.11. The topological polar surface area (TPSA) is 64.3 Å². The molecule has 0 saturated heterocycles. The molecule has 138 valence electrons. The molecule has 3 aromatic heterocycles. The van der Waals surface area contributed by atoms with Crippen LogP contribution in [0.4, 0.5) is 5.82 Å². The molecular formula is C19H24ClN5O. The first kappa shape index (κ1) is 18.5. The van der Waals surface area contributed by atoms with Gasteiger partial charge in [0.15, 0.2) is 5.65 Å². The van der Waals surface area contributed by atoms with Gasteiger partial charge in [0, 0.05) is 19.0 Å². The third-order valence-corrected chi connectivity index (χ3v) is 4.32. The highest BCUT2D eigenvalue weighted by Crippen LogP contribution is 2.43. The van der Waals surface area contributed by atoms with Crippen molar-refractivity contribution in [2.45, 2.75) is 39.0 Å². The average Bonchev–Trinajstić information content (AvgIpc) is 3.42. The minimum atomic E-state index is 0.482. The molecule has 0 amide bonds. The number of pyridine rings is 1. The number of fused-ring (bicyclic) bond motifs is 1. The molecule has 7 heteroatoms. The monoisotopic (exact) mass is 373 g/mol. The van der Waals surface area contributed by atoms with Crippen molar-refractivity contribution in [2.75, 3.05) is 19.5 Å². The van der Waals surface area contributed by atoms with Gasteiger partial charge < -0.3 is 10.1 Å². The van der Waals surface area contributed by atoms with Crippen molar-refractivity contribution in [1.82, 2.24) is 19.6 Å². The van der Waals surface area contributed by atoms with E-state index in [0.29, 0.717) is 16.8 Å². The van der Waals surface area contributed by atoms with Gasteiger partial charge in [-0.05, 0) is 25.0 Å². The smallest absolute Gasteiger partial charge is 0.157 e. The highest BCUT2D eigenvalue weighted by atomic mass is 35.5. The highest BCUT2D eigenvalue weighted by molar-refractivity contribution is 6.32. The van der Waals surface area contributed by atoms with E-state index in [1.165, 1.54) is 6.42 Å². The lowest BCUT2D eigenvalue weighted by Crippen LogP contribution is -2.03. The van der Waals surface area contributed by atoms with Gasteiger partial charge in [-0.1, -0.05) is 31.9 Å². The summed E-state index contributed by atoms with van der Waals surface area (Å²) in [6.07, 6.45) is 5.33. The number of halogens is 1. The lowest BCUT2D eigenvalue weighted by atomic mass is 10.2. The molecule has 1 saturated carbocycles. The molecule has 0 aliphatic heterocycles. The summed E-state index contributed by atoms with van der Waals surface area (Å²) in [4.78, 5) is 8.97. The van der Waals surface area contributed by atoms with Crippen LogP contribution in [0.1, 0.15) is 44.7 Å². The fraction of sp³-hybridized carbons (Fsp3) is 0.421. The second kappa shape index (κ2) is 7.91. The van der Waals surface area contributed by atoms with Crippen LogP contribution in [0, 0.1) is 0 Å². The largest absolute Gasteiger partial charge is 0.495 e. The third kappa shape index (κ3) is 3.60. The minimum absolute atomic E-state index is 0.482. The Balaban J connectivity index is 0.000000613. The van der Waals surface area contributed by atoms with Crippen LogP contribution < -0.4 is 10.1 Å². The molecule has 0 unspecified atom stereocenters. The van der Waals surface area contributed by atoms with Crippen LogP contribution in [-0.2, 0) is 0 Å². The number of aromatic nitrogens is 4. The van der Waals surface area contributed by atoms with Gasteiger partial charge in [-0.3, -0.25) is 0 Å². The van der Waals surface area contributed by atoms with E-state index in [1.807, 2.05) is 22.7 Å². The summed E-state index contributed by atoms with van der Waals surface area (Å²) in [6, 6.07) is 5.62. The number of imidazole rings is 1. The van der Waals surface area contributed by atoms with Crippen molar-refractivity contribution in [3.63, 3.8) is 0 Å². The number of ether oxygens (including phenoxy) is 1. The Labute approximate surface area is 158 Å². The van der Waals surface area contributed by atoms with E-state index in [2.05, 4.69) is 29.1 Å². The van der Waals surface area contributed by atoms with Crippen molar-refractivity contribution >= 4 is 23.1 Å². The van der Waals surface area contributed by atoms with Crippen LogP contribution >= 0.6 is 11.6 Å². The Morgan fingerprint density at radius 2 is 2.04 bits per heavy atom. The van der Waals surface area contributed by atoms with Crippen LogP contribution in [0.25, 0.3) is 17.0 Å². The van der Waals surface area contributed by atoms with Crippen molar-refractivity contribution < 1.29 is 4.74 Å². The zero-order chi connectivity index (χ0) is 18.7. The van der Waals surface area contributed by atoms with Crippen molar-refractivity contribution in [3.8, 4) is 17.1 Å². The van der Waals surface area contributed by atoms with E-state index in [0.717, 1.165) is 41.3 Å². The summed E-state index contributed by atoms with van der Waals surface area (Å²) in [6.45, 7) is 4.25. The standard InChI is InChI=1S/C16H16ClN5O.C3H8/c1-18-16-10(17)5-6-11(20-16)12-8-19-14-7-13(23-2)15(9-3-4-9)21-22(12)14;1-3-2/h5-9H,3-4H2,1-2H3,(H,18,20);3H2,1-2H3. The number of hydrogen-bond donors (Lipinski definition) is 1. The van der Waals surface area contributed by atoms with Gasteiger partial charge in [-0.2, -0.15) is 5.10 Å². The number of nitrogens with one attached hydrogen (secondary N) is 1. The van der Waals surface area contributed by atoms with Gasteiger partial charge >= 0.3 is 0 Å². The zero-order valence-corrected chi connectivity index (χ0v) is 16.3. The van der Waals surface area contributed by atoms with E-state index < -0.39 is 0 Å². The lowest BCUT2D eigenvalue weighted by Gasteiger charge is -2.09. The average molecular weight is 374 g/mol. The third-order valence-electron chi connectivity index (χ3n) is 4.01. The summed E-state index contributed by atoms with van der Waals surface area (Å²) >= 11 is 6.11. The highest BCUT2D eigenvalue weighted by Gasteiger charge is 2.29. The minimum Gasteiger partial charge on any atom is -0.495 e. The molecule has 0 atom stereocenters. The Hall–Kier alpha value is -2.34. The van der Waals surface area contributed by atoms with Crippen molar-refractivity contribution in [2.24, 2.45) is 0 Å². The van der Waals surface area contributed by atoms with Gasteiger partial charge in [0.2, 0.25) is 0 Å². The molecule has 3 aromatic rings. The van der Waals surface area contributed by atoms with Crippen LogP contribution in [0.5, 0.6) is 5.75 Å². The van der Waals surface area contributed by atoms with Gasteiger partial charge in [0.05, 0.1) is 24.0 Å². The van der Waals surface area contributed by atoms with E-state index in [9.17, 15) is 0 Å². The lowest BCUT2D eigenvalue weighted by molar-refractivity contribution is 0.405. The molecule has 0 bridgehead atoms. The van der Waals surface area contributed by atoms with Gasteiger partial charge in [0.25, 0.3) is 0 Å². The zero-order valence-electron chi connectivity index (χ0n) is 15.6. The Bertz CT molecular complexity index is 904. The maximum Gasteiger partial charge on any atom is 0.157 e. The van der Waals surface area contributed by atoms with Crippen LogP contribution in [0.15, 0.2) is 24.4 Å². The van der Waals surface area contributed by atoms with E-state index in [-0.39, 0.29) is 0 Å². The Morgan fingerprint density at radius 3 is 2.65 bits per heavy atom. The predicted octanol–water partition coefficient (Wildman–Crippen LogP) is 4.79. The molecule has 26 heavy (non-hydrogen) atoms. The van der Waals surface area contributed by atoms with Crippen molar-refractivity contribution in [1.29, 1.82) is 0 Å². The second-order valence-corrected chi connectivity index (χ2v) is 6.68. The predicted molar refractivity (Wildman–Crippen MR) is 105 cm³/mol. The Morgan fingerprint density at radius 1 is 1.31 bits per heavy atom. The van der Waals surface area contributed by atoms with Crippen LogP contribution in [-0.4, -0.2) is 33.7 Å². The molecule has 4 rings (SSSR count). The molecule has 6 nitrogen and oxygen atoms in total. The normalized spacial score (nSPS) is 13.3. The van der Waals surface area contributed by atoms with Gasteiger partial charge in [-0.15, -0.1) is 0 Å². The fourth-order valence-corrected chi connectivity index (χ4v) is 2.85. The number of nitrogens with zero attached hydrogens (tertiary/aromatic N) is 4. The molecule has 0 spiro atoms. The number of methoxy groups -OCH3 is 1. The summed E-state index contributed by atoms with van der Waals surface area (Å²) in [5.74, 6) is 1.92. The number of anilines is 1. The van der Waals surface area contributed by atoms with Gasteiger partial charge in [0.1, 0.15) is 23.0 Å². The summed E-state index contributed by atoms with van der Waals surface area (Å²) in [7, 11) is 3.46. The number of rotatable bonds is 4. The molecule has 3 heterocycles. The van der Waals surface area contributed by atoms with Gasteiger partial charge in [-0.25, -0.2) is 14.5 Å². The first-order valence-electron chi connectivity index (χ1n) is 8.90. The van der Waals surface area contributed by atoms with E-state index >= 15 is 0 Å². The molecular weight excluding hydrogens is 350 g/mol. The SMILES string of the molecule is CCC.CNc1nc(-c2cnc3cc(OC)c(C4CC4)nn23)ccc1Cl. The van der Waals surface area contributed by atoms with Crippen LogP contribution in [0.3, 0.4) is 0 Å². The summed E-state index contributed by atoms with van der Waals surface area (Å²) < 4.78 is 7.29. The quantitative estimate of drug-likeness (QED) is 0.712. The molecule has 0 radical (unpaired) electrons. The summed E-state index contributed by atoms with van der Waals surface area (Å²) in [5, 5.41) is 8.33. The fourth-order valence-electron chi connectivity index (χ4n) is 2.65. The molecule has 0 aromatic carbocycles. The first-order valence-corrected chi connectivity index (χ1v) is 9.28. The maximum absolute atomic E-state index is 6.11. The van der Waals surface area contributed by atoms with E-state index in [4.69, 9.17) is 21.4 Å². The van der Waals surface area contributed by atoms with Crippen molar-refractivity contribution in [3.05, 3.63) is 35.1 Å².